The van der Waals surface area contributed by atoms with Gasteiger partial charge >= 0.3 is 6.09 Å². The van der Waals surface area contributed by atoms with Gasteiger partial charge in [-0.3, -0.25) is 4.79 Å². The van der Waals surface area contributed by atoms with Crippen molar-refractivity contribution in [2.24, 2.45) is 0 Å². The number of carbonyl (C=O) groups excluding carboxylic acids is 1. The summed E-state index contributed by atoms with van der Waals surface area (Å²) in [5.74, 6) is -0.573. The number of halogens is 1. The Balaban J connectivity index is 2.06. The largest absolute Gasteiger partial charge is 0.444 e. The molecule has 0 unspecified atom stereocenters. The number of H-pyrrole nitrogens is 1. The number of aromatic amines is 1. The summed E-state index contributed by atoms with van der Waals surface area (Å²) in [6.07, 6.45) is 2.82. The second-order valence-corrected chi connectivity index (χ2v) is 5.81. The number of amides is 1. The van der Waals surface area contributed by atoms with Crippen LogP contribution in [0.1, 0.15) is 33.0 Å². The van der Waals surface area contributed by atoms with Crippen molar-refractivity contribution >= 4 is 11.7 Å². The fourth-order valence-electron chi connectivity index (χ4n) is 1.92. The van der Waals surface area contributed by atoms with Crippen LogP contribution in [-0.4, -0.2) is 39.7 Å². The average molecular weight is 295 g/mol. The molecular formula is C14H18FN3O3. The lowest BCUT2D eigenvalue weighted by Gasteiger charge is -2.29. The summed E-state index contributed by atoms with van der Waals surface area (Å²) in [6, 6.07) is 0. The molecule has 1 aromatic heterocycles. The molecule has 0 saturated carbocycles. The lowest BCUT2D eigenvalue weighted by molar-refractivity contribution is 0.0270. The van der Waals surface area contributed by atoms with E-state index in [4.69, 9.17) is 4.74 Å². The minimum atomic E-state index is -0.912. The van der Waals surface area contributed by atoms with Gasteiger partial charge in [0.25, 0.3) is 5.56 Å². The maximum atomic E-state index is 12.9. The molecule has 0 fully saturated rings. The van der Waals surface area contributed by atoms with Crippen LogP contribution in [0.5, 0.6) is 0 Å². The lowest BCUT2D eigenvalue weighted by Crippen LogP contribution is -2.39. The highest BCUT2D eigenvalue weighted by atomic mass is 19.1. The van der Waals surface area contributed by atoms with E-state index in [1.807, 2.05) is 20.8 Å². The first-order chi connectivity index (χ1) is 9.76. The molecule has 2 heterocycles. The molecule has 1 amide bonds. The van der Waals surface area contributed by atoms with E-state index in [2.05, 4.69) is 9.97 Å². The summed E-state index contributed by atoms with van der Waals surface area (Å²) in [5.41, 5.74) is -0.549. The van der Waals surface area contributed by atoms with Crippen LogP contribution >= 0.6 is 0 Å². The van der Waals surface area contributed by atoms with Crippen LogP contribution in [0.3, 0.4) is 0 Å². The molecule has 2 rings (SSSR count). The number of carbonyl (C=O) groups is 1. The van der Waals surface area contributed by atoms with E-state index in [-0.39, 0.29) is 6.09 Å². The Bertz CT molecular complexity index is 631. The van der Waals surface area contributed by atoms with Gasteiger partial charge in [0.1, 0.15) is 11.4 Å². The van der Waals surface area contributed by atoms with Crippen LogP contribution in [0.2, 0.25) is 0 Å². The van der Waals surface area contributed by atoms with Crippen LogP contribution in [0.25, 0.3) is 5.57 Å². The van der Waals surface area contributed by atoms with E-state index in [0.29, 0.717) is 25.3 Å². The zero-order valence-electron chi connectivity index (χ0n) is 12.3. The minimum absolute atomic E-state index is 0.338. The highest BCUT2D eigenvalue weighted by Crippen LogP contribution is 2.20. The SMILES string of the molecule is CC(C)(C)OC(=O)N1CC=C(c2ncc(F)c(=O)[nH]2)CC1. The van der Waals surface area contributed by atoms with E-state index < -0.39 is 17.0 Å². The van der Waals surface area contributed by atoms with Crippen molar-refractivity contribution in [3.63, 3.8) is 0 Å². The molecule has 1 aliphatic rings. The molecule has 0 spiro atoms. The Morgan fingerprint density at radius 1 is 1.48 bits per heavy atom. The van der Waals surface area contributed by atoms with Gasteiger partial charge in [-0.15, -0.1) is 0 Å². The van der Waals surface area contributed by atoms with Crippen molar-refractivity contribution in [1.29, 1.82) is 0 Å². The topological polar surface area (TPSA) is 75.3 Å². The molecule has 0 aromatic carbocycles. The minimum Gasteiger partial charge on any atom is -0.444 e. The summed E-state index contributed by atoms with van der Waals surface area (Å²) in [5, 5.41) is 0. The van der Waals surface area contributed by atoms with Gasteiger partial charge in [-0.05, 0) is 32.8 Å². The lowest BCUT2D eigenvalue weighted by atomic mass is 10.1. The van der Waals surface area contributed by atoms with Crippen molar-refractivity contribution in [1.82, 2.24) is 14.9 Å². The quantitative estimate of drug-likeness (QED) is 0.859. The van der Waals surface area contributed by atoms with Gasteiger partial charge in [0.15, 0.2) is 0 Å². The molecule has 0 atom stereocenters. The molecule has 21 heavy (non-hydrogen) atoms. The Hall–Kier alpha value is -2.18. The molecule has 1 aromatic rings. The van der Waals surface area contributed by atoms with Gasteiger partial charge < -0.3 is 14.6 Å². The zero-order valence-corrected chi connectivity index (χ0v) is 12.3. The van der Waals surface area contributed by atoms with E-state index in [0.717, 1.165) is 11.8 Å². The molecule has 0 aliphatic carbocycles. The van der Waals surface area contributed by atoms with Gasteiger partial charge in [-0.25, -0.2) is 9.78 Å². The van der Waals surface area contributed by atoms with Gasteiger partial charge in [-0.2, -0.15) is 4.39 Å². The summed E-state index contributed by atoms with van der Waals surface area (Å²) < 4.78 is 18.2. The number of nitrogens with one attached hydrogen (secondary N) is 1. The second kappa shape index (κ2) is 5.67. The molecule has 7 heteroatoms. The van der Waals surface area contributed by atoms with E-state index in [1.165, 1.54) is 0 Å². The summed E-state index contributed by atoms with van der Waals surface area (Å²) in [7, 11) is 0. The first-order valence-corrected chi connectivity index (χ1v) is 6.68. The average Bonchev–Trinajstić information content (AvgIpc) is 2.40. The monoisotopic (exact) mass is 295 g/mol. The fraction of sp³-hybridized carbons (Fsp3) is 0.500. The highest BCUT2D eigenvalue weighted by Gasteiger charge is 2.24. The molecule has 0 bridgehead atoms. The van der Waals surface area contributed by atoms with Crippen molar-refractivity contribution in [3.8, 4) is 0 Å². The van der Waals surface area contributed by atoms with Crippen LogP contribution in [0, 0.1) is 5.82 Å². The van der Waals surface area contributed by atoms with Crippen molar-refractivity contribution in [3.05, 3.63) is 34.3 Å². The Labute approximate surface area is 121 Å². The van der Waals surface area contributed by atoms with Crippen molar-refractivity contribution in [2.75, 3.05) is 13.1 Å². The highest BCUT2D eigenvalue weighted by molar-refractivity contribution is 5.71. The standard InChI is InChI=1S/C14H18FN3O3/c1-14(2,3)21-13(20)18-6-4-9(5-7-18)11-16-8-10(15)12(19)17-11/h4,8H,5-7H2,1-3H3,(H,16,17,19). The van der Waals surface area contributed by atoms with Crippen molar-refractivity contribution in [2.45, 2.75) is 32.8 Å². The number of aromatic nitrogens is 2. The number of hydrogen-bond acceptors (Lipinski definition) is 4. The Morgan fingerprint density at radius 3 is 2.71 bits per heavy atom. The fourth-order valence-corrected chi connectivity index (χ4v) is 1.92. The third kappa shape index (κ3) is 3.90. The maximum absolute atomic E-state index is 12.9. The first-order valence-electron chi connectivity index (χ1n) is 6.68. The predicted octanol–water partition coefficient (Wildman–Crippen LogP) is 1.93. The number of rotatable bonds is 1. The summed E-state index contributed by atoms with van der Waals surface area (Å²) in [4.78, 5) is 30.9. The van der Waals surface area contributed by atoms with Crippen LogP contribution in [0.4, 0.5) is 9.18 Å². The van der Waals surface area contributed by atoms with Crippen LogP contribution < -0.4 is 5.56 Å². The molecule has 6 nitrogen and oxygen atoms in total. The third-order valence-electron chi connectivity index (χ3n) is 2.92. The van der Waals surface area contributed by atoms with E-state index in [1.54, 1.807) is 11.0 Å². The predicted molar refractivity (Wildman–Crippen MR) is 75.2 cm³/mol. The van der Waals surface area contributed by atoms with Crippen LogP contribution in [0.15, 0.2) is 17.1 Å². The second-order valence-electron chi connectivity index (χ2n) is 5.81. The van der Waals surface area contributed by atoms with Gasteiger partial charge in [0.05, 0.1) is 6.20 Å². The van der Waals surface area contributed by atoms with E-state index in [9.17, 15) is 14.0 Å². The maximum Gasteiger partial charge on any atom is 0.410 e. The Morgan fingerprint density at radius 2 is 2.19 bits per heavy atom. The van der Waals surface area contributed by atoms with E-state index >= 15 is 0 Å². The third-order valence-corrected chi connectivity index (χ3v) is 2.92. The van der Waals surface area contributed by atoms with Crippen molar-refractivity contribution < 1.29 is 13.9 Å². The Kier molecular flexibility index (Phi) is 4.11. The molecule has 0 radical (unpaired) electrons. The molecule has 1 N–H and O–H groups in total. The molecular weight excluding hydrogens is 277 g/mol. The normalized spacial score (nSPS) is 15.6. The van der Waals surface area contributed by atoms with Gasteiger partial charge in [0, 0.05) is 13.1 Å². The number of hydrogen-bond donors (Lipinski definition) is 1. The molecule has 114 valence electrons. The molecule has 1 aliphatic heterocycles. The molecule has 0 saturated heterocycles. The smallest absolute Gasteiger partial charge is 0.410 e. The van der Waals surface area contributed by atoms with Gasteiger partial charge in [0.2, 0.25) is 5.82 Å². The zero-order chi connectivity index (χ0) is 15.6. The van der Waals surface area contributed by atoms with Gasteiger partial charge in [-0.1, -0.05) is 6.08 Å². The number of ether oxygens (including phenoxy) is 1. The van der Waals surface area contributed by atoms with Crippen LogP contribution in [-0.2, 0) is 4.74 Å². The summed E-state index contributed by atoms with van der Waals surface area (Å²) in [6.45, 7) is 6.25. The first kappa shape index (κ1) is 15.2. The summed E-state index contributed by atoms with van der Waals surface area (Å²) >= 11 is 0. The number of nitrogens with zero attached hydrogens (tertiary/aromatic N) is 2.